The molecule has 0 radical (unpaired) electrons. The minimum Gasteiger partial charge on any atom is -0.352 e. The molecular formula is C32H37Cl2N3O4S. The highest BCUT2D eigenvalue weighted by Crippen LogP contribution is 2.28. The minimum absolute atomic E-state index is 0.0114. The molecule has 10 heteroatoms. The van der Waals surface area contributed by atoms with E-state index in [2.05, 4.69) is 5.32 Å². The van der Waals surface area contributed by atoms with Gasteiger partial charge in [0.1, 0.15) is 12.6 Å². The van der Waals surface area contributed by atoms with Crippen molar-refractivity contribution >= 4 is 50.7 Å². The van der Waals surface area contributed by atoms with E-state index in [1.165, 1.54) is 17.0 Å². The zero-order chi connectivity index (χ0) is 30.4. The van der Waals surface area contributed by atoms with E-state index in [4.69, 9.17) is 23.2 Å². The number of benzene rings is 3. The van der Waals surface area contributed by atoms with Crippen molar-refractivity contribution in [3.8, 4) is 0 Å². The number of sulfonamides is 1. The van der Waals surface area contributed by atoms with Crippen LogP contribution in [0.3, 0.4) is 0 Å². The summed E-state index contributed by atoms with van der Waals surface area (Å²) in [5, 5.41) is 3.91. The van der Waals surface area contributed by atoms with Crippen molar-refractivity contribution in [2.24, 2.45) is 0 Å². The van der Waals surface area contributed by atoms with Gasteiger partial charge in [-0.05, 0) is 86.2 Å². The van der Waals surface area contributed by atoms with Gasteiger partial charge in [0.15, 0.2) is 0 Å². The molecule has 1 saturated carbocycles. The van der Waals surface area contributed by atoms with Crippen LogP contribution in [0.1, 0.15) is 55.7 Å². The normalized spacial score (nSPS) is 14.4. The van der Waals surface area contributed by atoms with Crippen LogP contribution in [0.2, 0.25) is 10.0 Å². The monoisotopic (exact) mass is 629 g/mol. The second-order valence-electron chi connectivity index (χ2n) is 10.8. The number of rotatable bonds is 11. The number of hydrogen-bond donors (Lipinski definition) is 1. The van der Waals surface area contributed by atoms with Crippen LogP contribution in [0, 0.1) is 13.8 Å². The van der Waals surface area contributed by atoms with E-state index >= 15 is 0 Å². The maximum absolute atomic E-state index is 14.3. The predicted octanol–water partition coefficient (Wildman–Crippen LogP) is 6.67. The summed E-state index contributed by atoms with van der Waals surface area (Å²) in [5.41, 5.74) is 2.69. The molecule has 224 valence electrons. The summed E-state index contributed by atoms with van der Waals surface area (Å²) < 4.78 is 29.1. The molecule has 4 rings (SSSR count). The summed E-state index contributed by atoms with van der Waals surface area (Å²) >= 11 is 12.6. The zero-order valence-electron chi connectivity index (χ0n) is 24.1. The van der Waals surface area contributed by atoms with Crippen LogP contribution in [0.5, 0.6) is 0 Å². The number of carbonyl (C=O) groups excluding carboxylic acids is 2. The van der Waals surface area contributed by atoms with Gasteiger partial charge in [0.25, 0.3) is 10.0 Å². The van der Waals surface area contributed by atoms with Gasteiger partial charge in [-0.25, -0.2) is 8.42 Å². The average molecular weight is 631 g/mol. The van der Waals surface area contributed by atoms with Crippen molar-refractivity contribution in [2.75, 3.05) is 10.8 Å². The van der Waals surface area contributed by atoms with Crippen LogP contribution < -0.4 is 9.62 Å². The zero-order valence-corrected chi connectivity index (χ0v) is 26.5. The molecule has 0 saturated heterocycles. The van der Waals surface area contributed by atoms with E-state index in [9.17, 15) is 18.0 Å². The lowest BCUT2D eigenvalue weighted by Crippen LogP contribution is -2.53. The van der Waals surface area contributed by atoms with Crippen molar-refractivity contribution in [2.45, 2.75) is 76.4 Å². The Balaban J connectivity index is 1.75. The van der Waals surface area contributed by atoms with E-state index in [1.807, 2.05) is 26.8 Å². The minimum atomic E-state index is -4.13. The number of amides is 2. The fourth-order valence-corrected chi connectivity index (χ4v) is 7.35. The Hall–Kier alpha value is -3.07. The molecule has 1 atom stereocenters. The summed E-state index contributed by atoms with van der Waals surface area (Å²) in [7, 11) is -4.13. The number of halogens is 2. The topological polar surface area (TPSA) is 86.8 Å². The lowest BCUT2D eigenvalue weighted by atomic mass is 10.1. The van der Waals surface area contributed by atoms with Gasteiger partial charge in [0, 0.05) is 22.6 Å². The number of anilines is 1. The fraction of sp³-hybridized carbons (Fsp3) is 0.375. The second-order valence-corrected chi connectivity index (χ2v) is 13.5. The van der Waals surface area contributed by atoms with Gasteiger partial charge in [-0.1, -0.05) is 73.3 Å². The van der Waals surface area contributed by atoms with Crippen LogP contribution in [-0.4, -0.2) is 43.8 Å². The fourth-order valence-electron chi connectivity index (χ4n) is 5.46. The van der Waals surface area contributed by atoms with Gasteiger partial charge in [-0.3, -0.25) is 13.9 Å². The van der Waals surface area contributed by atoms with Gasteiger partial charge in [-0.2, -0.15) is 0 Å². The van der Waals surface area contributed by atoms with E-state index in [0.717, 1.165) is 41.1 Å². The predicted molar refractivity (Wildman–Crippen MR) is 168 cm³/mol. The van der Waals surface area contributed by atoms with Crippen molar-refractivity contribution in [1.82, 2.24) is 10.2 Å². The van der Waals surface area contributed by atoms with Crippen molar-refractivity contribution in [1.29, 1.82) is 0 Å². The van der Waals surface area contributed by atoms with Crippen LogP contribution in [0.4, 0.5) is 5.69 Å². The van der Waals surface area contributed by atoms with Crippen molar-refractivity contribution < 1.29 is 18.0 Å². The lowest BCUT2D eigenvalue weighted by molar-refractivity contribution is -0.140. The molecule has 3 aromatic rings. The van der Waals surface area contributed by atoms with Crippen molar-refractivity contribution in [3.63, 3.8) is 0 Å². The highest BCUT2D eigenvalue weighted by Gasteiger charge is 2.35. The van der Waals surface area contributed by atoms with Crippen LogP contribution in [-0.2, 0) is 26.2 Å². The summed E-state index contributed by atoms with van der Waals surface area (Å²) in [6.07, 6.45) is 4.23. The van der Waals surface area contributed by atoms with E-state index in [0.29, 0.717) is 27.7 Å². The first-order chi connectivity index (χ1) is 20.0. The standard InChI is InChI=1S/C32H37Cl2N3O4S/c1-4-30(32(39)35-26-10-8-9-11-26)36(20-24-14-15-25(33)19-29(24)34)31(38)21-37(27-17-22(2)16-23(3)18-27)42(40,41)28-12-6-5-7-13-28/h5-7,12-19,26,30H,4,8-11,20-21H2,1-3H3,(H,35,39)/t30-/m1/s1. The molecule has 7 nitrogen and oxygen atoms in total. The molecule has 0 heterocycles. The molecule has 1 fully saturated rings. The average Bonchev–Trinajstić information content (AvgIpc) is 3.45. The first kappa shape index (κ1) is 31.9. The number of nitrogens with one attached hydrogen (secondary N) is 1. The molecule has 0 aromatic heterocycles. The third-order valence-corrected chi connectivity index (χ3v) is 9.92. The quantitative estimate of drug-likeness (QED) is 0.256. The van der Waals surface area contributed by atoms with Crippen molar-refractivity contribution in [3.05, 3.63) is 93.5 Å². The molecular weight excluding hydrogens is 593 g/mol. The molecule has 1 N–H and O–H groups in total. The van der Waals surface area contributed by atoms with Gasteiger partial charge in [0.05, 0.1) is 10.6 Å². The highest BCUT2D eigenvalue weighted by molar-refractivity contribution is 7.92. The molecule has 1 aliphatic carbocycles. The van der Waals surface area contributed by atoms with E-state index in [1.54, 1.807) is 48.5 Å². The van der Waals surface area contributed by atoms with Gasteiger partial charge >= 0.3 is 0 Å². The largest absolute Gasteiger partial charge is 0.352 e. The summed E-state index contributed by atoms with van der Waals surface area (Å²) in [6.45, 7) is 5.10. The highest BCUT2D eigenvalue weighted by atomic mass is 35.5. The Kier molecular flexibility index (Phi) is 10.6. The number of aryl methyl sites for hydroxylation is 2. The maximum atomic E-state index is 14.3. The lowest BCUT2D eigenvalue weighted by Gasteiger charge is -2.34. The third kappa shape index (κ3) is 7.65. The SMILES string of the molecule is CC[C@H](C(=O)NC1CCCC1)N(Cc1ccc(Cl)cc1Cl)C(=O)CN(c1cc(C)cc(C)c1)S(=O)(=O)c1ccccc1. The Morgan fingerprint density at radius 1 is 0.952 bits per heavy atom. The third-order valence-electron chi connectivity index (χ3n) is 7.55. The Morgan fingerprint density at radius 3 is 2.19 bits per heavy atom. The Labute approximate surface area is 258 Å². The molecule has 2 amide bonds. The first-order valence-electron chi connectivity index (χ1n) is 14.2. The second kappa shape index (κ2) is 13.9. The van der Waals surface area contributed by atoms with Crippen LogP contribution in [0.15, 0.2) is 71.6 Å². The van der Waals surface area contributed by atoms with Crippen LogP contribution in [0.25, 0.3) is 0 Å². The molecule has 0 spiro atoms. The van der Waals surface area contributed by atoms with Crippen LogP contribution >= 0.6 is 23.2 Å². The Bertz CT molecular complexity index is 1510. The number of hydrogen-bond acceptors (Lipinski definition) is 4. The van der Waals surface area contributed by atoms with E-state index in [-0.39, 0.29) is 23.4 Å². The van der Waals surface area contributed by atoms with Gasteiger partial charge < -0.3 is 10.2 Å². The molecule has 0 aliphatic heterocycles. The molecule has 0 bridgehead atoms. The summed E-state index contributed by atoms with van der Waals surface area (Å²) in [4.78, 5) is 29.4. The van der Waals surface area contributed by atoms with Gasteiger partial charge in [-0.15, -0.1) is 0 Å². The maximum Gasteiger partial charge on any atom is 0.264 e. The Morgan fingerprint density at radius 2 is 1.60 bits per heavy atom. The smallest absolute Gasteiger partial charge is 0.264 e. The van der Waals surface area contributed by atoms with Gasteiger partial charge in [0.2, 0.25) is 11.8 Å². The summed E-state index contributed by atoms with van der Waals surface area (Å²) in [5.74, 6) is -0.778. The summed E-state index contributed by atoms with van der Waals surface area (Å²) in [6, 6.07) is 17.7. The first-order valence-corrected chi connectivity index (χ1v) is 16.4. The van der Waals surface area contributed by atoms with E-state index < -0.39 is 28.5 Å². The molecule has 3 aromatic carbocycles. The molecule has 42 heavy (non-hydrogen) atoms. The molecule has 0 unspecified atom stereocenters. The molecule has 1 aliphatic rings. The number of nitrogens with zero attached hydrogens (tertiary/aromatic N) is 2. The number of carbonyl (C=O) groups is 2.